The summed E-state index contributed by atoms with van der Waals surface area (Å²) >= 11 is 0. The Hall–Kier alpha value is -5.91. The second-order valence-corrected chi connectivity index (χ2v) is 18.1. The number of nitrogen functional groups attached to an aromatic ring is 1. The van der Waals surface area contributed by atoms with Gasteiger partial charge in [-0.05, 0) is 114 Å². The number of anilines is 1. The molecule has 0 atom stereocenters. The van der Waals surface area contributed by atoms with Crippen molar-refractivity contribution in [2.45, 2.75) is 102 Å². The molecule has 4 fully saturated rings. The van der Waals surface area contributed by atoms with E-state index in [9.17, 15) is 14.4 Å². The van der Waals surface area contributed by atoms with Crippen LogP contribution < -0.4 is 21.1 Å². The van der Waals surface area contributed by atoms with Crippen LogP contribution >= 0.6 is 0 Å². The molecule has 2 aromatic heterocycles. The molecule has 63 heavy (non-hydrogen) atoms. The molecule has 2 amide bonds. The largest absolute Gasteiger partial charge is 0.469 e. The summed E-state index contributed by atoms with van der Waals surface area (Å²) in [6, 6.07) is 19.2. The van der Waals surface area contributed by atoms with Gasteiger partial charge in [0.15, 0.2) is 0 Å². The average molecular weight is 859 g/mol. The monoisotopic (exact) mass is 858 g/mol. The first-order valence-electron chi connectivity index (χ1n) is 22.2. The van der Waals surface area contributed by atoms with Crippen molar-refractivity contribution in [3.05, 3.63) is 79.3 Å². The maximum absolute atomic E-state index is 11.8. The zero-order valence-electron chi connectivity index (χ0n) is 37.3. The number of hydrogen-bond donors (Lipinski definition) is 3. The smallest absolute Gasteiger partial charge is 0.407 e. The second kappa shape index (κ2) is 20.1. The Kier molecular flexibility index (Phi) is 14.4. The summed E-state index contributed by atoms with van der Waals surface area (Å²) in [5, 5.41) is 6.79. The lowest BCUT2D eigenvalue weighted by molar-refractivity contribution is -0.151. The summed E-state index contributed by atoms with van der Waals surface area (Å²) in [4.78, 5) is 48.6. The number of carbonyl (C=O) groups excluding carboxylic acids is 3. The molecule has 8 rings (SSSR count). The van der Waals surface area contributed by atoms with Crippen LogP contribution in [0.3, 0.4) is 0 Å². The molecule has 2 aliphatic carbocycles. The number of likely N-dealkylation sites (tertiary alicyclic amines) is 2. The number of para-hydroxylation sites is 1. The van der Waals surface area contributed by atoms with E-state index in [2.05, 4.69) is 48.8 Å². The number of piperidine rings is 2. The molecule has 4 heterocycles. The summed E-state index contributed by atoms with van der Waals surface area (Å²) < 4.78 is 18.1. The van der Waals surface area contributed by atoms with Gasteiger partial charge in [0.1, 0.15) is 40.6 Å². The molecule has 2 aliphatic heterocycles. The van der Waals surface area contributed by atoms with Gasteiger partial charge in [-0.3, -0.25) is 9.59 Å². The summed E-state index contributed by atoms with van der Waals surface area (Å²) in [5.74, 6) is 9.27. The Morgan fingerprint density at radius 2 is 1.43 bits per heavy atom. The Morgan fingerprint density at radius 1 is 0.841 bits per heavy atom. The summed E-state index contributed by atoms with van der Waals surface area (Å²) in [6.45, 7) is 13.1. The lowest BCUT2D eigenvalue weighted by Crippen LogP contribution is -2.53. The SMILES string of the molecule is C=CC(=O)NC1CCN(C2CC(C#Cc3c(-c4ccc(Oc5ccccc5)cc4)c4c(N)ncnc4n3C)C2)CC1.COC(=O)C1CC(N2CCC(NC(=O)OC(C)(C)C)CC2)C1. The van der Waals surface area contributed by atoms with Crippen LogP contribution in [0.1, 0.15) is 77.8 Å². The maximum atomic E-state index is 11.8. The molecular formula is C49H62N8O6. The van der Waals surface area contributed by atoms with Crippen molar-refractivity contribution < 1.29 is 28.6 Å². The maximum Gasteiger partial charge on any atom is 0.407 e. The Labute approximate surface area is 370 Å². The number of methoxy groups -OCH3 is 1. The van der Waals surface area contributed by atoms with E-state index in [0.717, 1.165) is 117 Å². The van der Waals surface area contributed by atoms with Gasteiger partial charge >= 0.3 is 12.1 Å². The van der Waals surface area contributed by atoms with Crippen molar-refractivity contribution in [2.24, 2.45) is 18.9 Å². The molecule has 14 heteroatoms. The number of ether oxygens (including phenoxy) is 3. The molecule has 4 aromatic rings. The summed E-state index contributed by atoms with van der Waals surface area (Å²) in [5.41, 5.74) is 9.49. The highest BCUT2D eigenvalue weighted by Crippen LogP contribution is 2.38. The third-order valence-corrected chi connectivity index (χ3v) is 12.6. The number of rotatable bonds is 9. The minimum absolute atomic E-state index is 0.0765. The quantitative estimate of drug-likeness (QED) is 0.0918. The first-order chi connectivity index (χ1) is 30.3. The van der Waals surface area contributed by atoms with Crippen LogP contribution in [0.5, 0.6) is 11.5 Å². The molecule has 14 nitrogen and oxygen atoms in total. The molecule has 0 radical (unpaired) electrons. The predicted molar refractivity (Wildman–Crippen MR) is 244 cm³/mol. The number of nitrogens with zero attached hydrogens (tertiary/aromatic N) is 5. The van der Waals surface area contributed by atoms with Gasteiger partial charge in [0.25, 0.3) is 0 Å². The molecule has 0 unspecified atom stereocenters. The Bertz CT molecular complexity index is 2290. The molecule has 2 aromatic carbocycles. The number of aromatic nitrogens is 3. The van der Waals surface area contributed by atoms with Crippen LogP contribution in [0.25, 0.3) is 22.2 Å². The Balaban J connectivity index is 0.000000229. The lowest BCUT2D eigenvalue weighted by Gasteiger charge is -2.44. The number of esters is 1. The van der Waals surface area contributed by atoms with Gasteiger partial charge in [-0.25, -0.2) is 14.8 Å². The molecule has 334 valence electrons. The number of benzene rings is 2. The van der Waals surface area contributed by atoms with Crippen molar-refractivity contribution in [1.82, 2.24) is 35.0 Å². The van der Waals surface area contributed by atoms with Gasteiger partial charge < -0.3 is 44.9 Å². The first-order valence-corrected chi connectivity index (χ1v) is 22.2. The number of hydrogen-bond acceptors (Lipinski definition) is 11. The molecule has 0 spiro atoms. The van der Waals surface area contributed by atoms with E-state index in [1.165, 1.54) is 19.5 Å². The standard InChI is InChI=1S/C33H34N6O2.C16H28N2O4/c1-3-29(40)37-24-15-17-39(18-16-24)25-19-22(20-25)9-14-28-30(31-32(34)35-21-36-33(31)38(28)2)23-10-12-27(13-11-23)41-26-7-5-4-6-8-26;1-16(2,3)22-15(20)17-12-5-7-18(8-6-12)13-9-11(10-13)14(19)21-4/h3-8,10-13,21-22,24-25H,1,15-20H2,2H3,(H,37,40)(H2,34,35,36);11-13H,5-10H2,1-4H3,(H,17,20). The number of nitrogens with one attached hydrogen (secondary N) is 2. The van der Waals surface area contributed by atoms with E-state index in [0.29, 0.717) is 23.8 Å². The molecule has 2 saturated heterocycles. The van der Waals surface area contributed by atoms with Crippen molar-refractivity contribution in [1.29, 1.82) is 0 Å². The van der Waals surface area contributed by atoms with Crippen LogP contribution in [-0.2, 0) is 26.1 Å². The van der Waals surface area contributed by atoms with E-state index in [1.54, 1.807) is 0 Å². The highest BCUT2D eigenvalue weighted by Gasteiger charge is 2.40. The second-order valence-electron chi connectivity index (χ2n) is 18.1. The molecule has 4 N–H and O–H groups in total. The van der Waals surface area contributed by atoms with Gasteiger partial charge in [-0.1, -0.05) is 42.8 Å². The van der Waals surface area contributed by atoms with E-state index in [-0.39, 0.29) is 36.0 Å². The fraction of sp³-hybridized carbons (Fsp3) is 0.490. The van der Waals surface area contributed by atoms with Crippen LogP contribution in [0.2, 0.25) is 0 Å². The Morgan fingerprint density at radius 3 is 2.02 bits per heavy atom. The van der Waals surface area contributed by atoms with Crippen molar-refractivity contribution in [3.63, 3.8) is 0 Å². The van der Waals surface area contributed by atoms with Crippen LogP contribution in [0.15, 0.2) is 73.6 Å². The number of alkyl carbamates (subject to hydrolysis) is 1. The topological polar surface area (TPSA) is 166 Å². The minimum atomic E-state index is -0.459. The third-order valence-electron chi connectivity index (χ3n) is 12.6. The van der Waals surface area contributed by atoms with E-state index >= 15 is 0 Å². The van der Waals surface area contributed by atoms with Crippen LogP contribution in [0.4, 0.5) is 10.6 Å². The van der Waals surface area contributed by atoms with Crippen molar-refractivity contribution in [2.75, 3.05) is 39.0 Å². The van der Waals surface area contributed by atoms with E-state index in [4.69, 9.17) is 19.9 Å². The highest BCUT2D eigenvalue weighted by molar-refractivity contribution is 6.03. The zero-order valence-corrected chi connectivity index (χ0v) is 37.3. The third kappa shape index (κ3) is 11.4. The van der Waals surface area contributed by atoms with Gasteiger partial charge in [0.2, 0.25) is 5.91 Å². The van der Waals surface area contributed by atoms with E-state index in [1.807, 2.05) is 87.0 Å². The fourth-order valence-corrected chi connectivity index (χ4v) is 8.99. The molecular weight excluding hydrogens is 797 g/mol. The normalized spacial score (nSPS) is 21.9. The number of fused-ring (bicyclic) bond motifs is 1. The van der Waals surface area contributed by atoms with Gasteiger partial charge in [0, 0.05) is 68.9 Å². The lowest BCUT2D eigenvalue weighted by atomic mass is 9.78. The fourth-order valence-electron chi connectivity index (χ4n) is 8.99. The van der Waals surface area contributed by atoms with Crippen LogP contribution in [0, 0.1) is 23.7 Å². The number of aryl methyl sites for hydroxylation is 1. The van der Waals surface area contributed by atoms with E-state index < -0.39 is 5.60 Å². The van der Waals surface area contributed by atoms with Gasteiger partial charge in [0.05, 0.1) is 18.4 Å². The molecule has 4 aliphatic rings. The molecule has 0 bridgehead atoms. The summed E-state index contributed by atoms with van der Waals surface area (Å²) in [6.07, 6.45) is 10.2. The zero-order chi connectivity index (χ0) is 44.7. The first kappa shape index (κ1) is 45.1. The van der Waals surface area contributed by atoms with Crippen molar-refractivity contribution in [3.8, 4) is 34.5 Å². The summed E-state index contributed by atoms with van der Waals surface area (Å²) in [7, 11) is 3.43. The van der Waals surface area contributed by atoms with Gasteiger partial charge in [-0.15, -0.1) is 0 Å². The average Bonchev–Trinajstić information content (AvgIpc) is 3.52. The van der Waals surface area contributed by atoms with Crippen LogP contribution in [-0.4, -0.2) is 105 Å². The predicted octanol–water partition coefficient (Wildman–Crippen LogP) is 6.83. The van der Waals surface area contributed by atoms with Gasteiger partial charge in [-0.2, -0.15) is 0 Å². The number of nitrogens with two attached hydrogens (primary N) is 1. The number of carbonyl (C=O) groups is 3. The van der Waals surface area contributed by atoms with Crippen molar-refractivity contribution >= 4 is 34.8 Å². The highest BCUT2D eigenvalue weighted by atomic mass is 16.6. The molecule has 2 saturated carbocycles. The minimum Gasteiger partial charge on any atom is -0.469 e. The number of amides is 2.